The summed E-state index contributed by atoms with van der Waals surface area (Å²) in [6, 6.07) is 6.61. The molecule has 0 unspecified atom stereocenters. The van der Waals surface area contributed by atoms with Crippen molar-refractivity contribution in [3.8, 4) is 0 Å². The van der Waals surface area contributed by atoms with Crippen LogP contribution in [0.3, 0.4) is 0 Å². The lowest BCUT2D eigenvalue weighted by molar-refractivity contribution is 0.102. The molecule has 104 valence electrons. The van der Waals surface area contributed by atoms with Gasteiger partial charge in [0.2, 0.25) is 5.95 Å². The quantitative estimate of drug-likeness (QED) is 0.596. The molecule has 7 heteroatoms. The normalized spacial score (nSPS) is 10.2. The number of carbonyl (C=O) groups is 1. The molecule has 0 aliphatic heterocycles. The number of amides is 1. The highest BCUT2D eigenvalue weighted by atomic mass is 35.5. The van der Waals surface area contributed by atoms with Gasteiger partial charge in [-0.1, -0.05) is 11.6 Å². The molecule has 2 aromatic rings. The Bertz CT molecular complexity index is 639. The van der Waals surface area contributed by atoms with Gasteiger partial charge < -0.3 is 5.43 Å². The number of halogens is 1. The largest absolute Gasteiger partial charge is 0.323 e. The molecule has 0 fully saturated rings. The van der Waals surface area contributed by atoms with Crippen LogP contribution in [0.15, 0.2) is 24.3 Å². The number of nitrogens with two attached hydrogens (primary N) is 1. The standard InChI is InChI=1S/C13H14ClN5O/c1-7-5-8(2)17-13(16-7)18-12(20)10-6-9(14)3-4-11(10)19-15/h3-6,19H,15H2,1-2H3,(H,16,17,18,20). The van der Waals surface area contributed by atoms with Gasteiger partial charge >= 0.3 is 0 Å². The number of hydrazine groups is 1. The fraction of sp³-hybridized carbons (Fsp3) is 0.154. The average Bonchev–Trinajstić information content (AvgIpc) is 2.37. The van der Waals surface area contributed by atoms with Gasteiger partial charge in [0.15, 0.2) is 0 Å². The van der Waals surface area contributed by atoms with E-state index in [1.54, 1.807) is 12.1 Å². The predicted molar refractivity (Wildman–Crippen MR) is 78.7 cm³/mol. The van der Waals surface area contributed by atoms with Crippen LogP contribution in [0.4, 0.5) is 11.6 Å². The van der Waals surface area contributed by atoms with E-state index < -0.39 is 0 Å². The Morgan fingerprint density at radius 1 is 1.20 bits per heavy atom. The van der Waals surface area contributed by atoms with E-state index in [1.165, 1.54) is 6.07 Å². The summed E-state index contributed by atoms with van der Waals surface area (Å²) in [7, 11) is 0. The van der Waals surface area contributed by atoms with E-state index in [0.717, 1.165) is 11.4 Å². The predicted octanol–water partition coefficient (Wildman–Crippen LogP) is 2.28. The van der Waals surface area contributed by atoms with Crippen LogP contribution in [0.1, 0.15) is 21.7 Å². The Balaban J connectivity index is 2.30. The second-order valence-electron chi connectivity index (χ2n) is 4.26. The maximum atomic E-state index is 12.2. The molecule has 1 heterocycles. The summed E-state index contributed by atoms with van der Waals surface area (Å²) in [6.45, 7) is 3.66. The number of aryl methyl sites for hydroxylation is 2. The van der Waals surface area contributed by atoms with Crippen molar-refractivity contribution in [2.75, 3.05) is 10.7 Å². The van der Waals surface area contributed by atoms with Crippen LogP contribution < -0.4 is 16.6 Å². The first kappa shape index (κ1) is 14.2. The van der Waals surface area contributed by atoms with Crippen molar-refractivity contribution in [1.82, 2.24) is 9.97 Å². The second-order valence-corrected chi connectivity index (χ2v) is 4.70. The summed E-state index contributed by atoms with van der Waals surface area (Å²) in [6.07, 6.45) is 0. The minimum absolute atomic E-state index is 0.246. The van der Waals surface area contributed by atoms with E-state index in [4.69, 9.17) is 17.4 Å². The van der Waals surface area contributed by atoms with E-state index >= 15 is 0 Å². The zero-order valence-corrected chi connectivity index (χ0v) is 11.8. The summed E-state index contributed by atoms with van der Waals surface area (Å²) in [5.41, 5.74) is 4.79. The number of rotatable bonds is 3. The average molecular weight is 292 g/mol. The molecule has 0 aliphatic carbocycles. The topological polar surface area (TPSA) is 92.9 Å². The highest BCUT2D eigenvalue weighted by molar-refractivity contribution is 6.31. The Kier molecular flexibility index (Phi) is 4.16. The van der Waals surface area contributed by atoms with Gasteiger partial charge in [0.1, 0.15) is 0 Å². The van der Waals surface area contributed by atoms with Crippen LogP contribution in [-0.2, 0) is 0 Å². The Hall–Kier alpha value is -2.18. The molecule has 0 aliphatic rings. The molecule has 0 saturated carbocycles. The van der Waals surface area contributed by atoms with Crippen molar-refractivity contribution in [2.45, 2.75) is 13.8 Å². The fourth-order valence-corrected chi connectivity index (χ4v) is 1.95. The van der Waals surface area contributed by atoms with E-state index in [1.807, 2.05) is 19.9 Å². The van der Waals surface area contributed by atoms with Gasteiger partial charge in [-0.15, -0.1) is 0 Å². The molecule has 1 aromatic carbocycles. The molecule has 4 N–H and O–H groups in total. The number of nitrogen functional groups attached to an aromatic ring is 1. The zero-order chi connectivity index (χ0) is 14.7. The number of carbonyl (C=O) groups excluding carboxylic acids is 1. The molecular formula is C13H14ClN5O. The molecule has 2 rings (SSSR count). The number of hydrogen-bond acceptors (Lipinski definition) is 5. The molecule has 0 saturated heterocycles. The summed E-state index contributed by atoms with van der Waals surface area (Å²) in [4.78, 5) is 20.5. The lowest BCUT2D eigenvalue weighted by Gasteiger charge is -2.10. The molecule has 0 atom stereocenters. The lowest BCUT2D eigenvalue weighted by Crippen LogP contribution is -2.18. The van der Waals surface area contributed by atoms with E-state index in [9.17, 15) is 4.79 Å². The van der Waals surface area contributed by atoms with Gasteiger partial charge in [0, 0.05) is 16.4 Å². The van der Waals surface area contributed by atoms with Crippen molar-refractivity contribution in [3.05, 3.63) is 46.2 Å². The molecule has 1 amide bonds. The third-order valence-electron chi connectivity index (χ3n) is 2.59. The van der Waals surface area contributed by atoms with Gasteiger partial charge in [-0.2, -0.15) is 0 Å². The zero-order valence-electron chi connectivity index (χ0n) is 11.1. The van der Waals surface area contributed by atoms with E-state index in [2.05, 4.69) is 20.7 Å². The summed E-state index contributed by atoms with van der Waals surface area (Å²) in [5.74, 6) is 5.24. The van der Waals surface area contributed by atoms with Crippen LogP contribution in [-0.4, -0.2) is 15.9 Å². The molecule has 0 radical (unpaired) electrons. The number of hydrogen-bond donors (Lipinski definition) is 3. The summed E-state index contributed by atoms with van der Waals surface area (Å²) < 4.78 is 0. The number of benzene rings is 1. The number of nitrogens with zero attached hydrogens (tertiary/aromatic N) is 2. The number of aromatic nitrogens is 2. The van der Waals surface area contributed by atoms with Gasteiger partial charge in [0.05, 0.1) is 11.3 Å². The van der Waals surface area contributed by atoms with Crippen LogP contribution in [0.25, 0.3) is 0 Å². The number of anilines is 2. The van der Waals surface area contributed by atoms with Crippen molar-refractivity contribution in [2.24, 2.45) is 5.84 Å². The lowest BCUT2D eigenvalue weighted by atomic mass is 10.1. The van der Waals surface area contributed by atoms with Gasteiger partial charge in [-0.05, 0) is 38.1 Å². The minimum atomic E-state index is -0.384. The minimum Gasteiger partial charge on any atom is -0.323 e. The second kappa shape index (κ2) is 5.85. The smallest absolute Gasteiger partial charge is 0.260 e. The SMILES string of the molecule is Cc1cc(C)nc(NC(=O)c2cc(Cl)ccc2NN)n1. The van der Waals surface area contributed by atoms with Crippen molar-refractivity contribution in [1.29, 1.82) is 0 Å². The molecular weight excluding hydrogens is 278 g/mol. The third kappa shape index (κ3) is 3.23. The van der Waals surface area contributed by atoms with Crippen molar-refractivity contribution < 1.29 is 4.79 Å². The first-order valence-electron chi connectivity index (χ1n) is 5.89. The van der Waals surface area contributed by atoms with Crippen molar-refractivity contribution in [3.63, 3.8) is 0 Å². The monoisotopic (exact) mass is 291 g/mol. The first-order valence-corrected chi connectivity index (χ1v) is 6.27. The Morgan fingerprint density at radius 3 is 2.45 bits per heavy atom. The van der Waals surface area contributed by atoms with Gasteiger partial charge in [-0.25, -0.2) is 9.97 Å². The highest BCUT2D eigenvalue weighted by Gasteiger charge is 2.13. The Morgan fingerprint density at radius 2 is 1.85 bits per heavy atom. The van der Waals surface area contributed by atoms with Gasteiger partial charge in [-0.3, -0.25) is 16.0 Å². The van der Waals surface area contributed by atoms with Crippen LogP contribution in [0, 0.1) is 13.8 Å². The van der Waals surface area contributed by atoms with Crippen LogP contribution >= 0.6 is 11.6 Å². The highest BCUT2D eigenvalue weighted by Crippen LogP contribution is 2.20. The van der Waals surface area contributed by atoms with E-state index in [0.29, 0.717) is 16.3 Å². The Labute approximate surface area is 121 Å². The number of nitrogens with one attached hydrogen (secondary N) is 2. The van der Waals surface area contributed by atoms with Crippen LogP contribution in [0.5, 0.6) is 0 Å². The maximum absolute atomic E-state index is 12.2. The molecule has 1 aromatic heterocycles. The summed E-state index contributed by atoms with van der Waals surface area (Å²) in [5, 5.41) is 3.07. The third-order valence-corrected chi connectivity index (χ3v) is 2.82. The fourth-order valence-electron chi connectivity index (χ4n) is 1.78. The molecule has 0 spiro atoms. The summed E-state index contributed by atoms with van der Waals surface area (Å²) >= 11 is 5.89. The maximum Gasteiger partial charge on any atom is 0.260 e. The van der Waals surface area contributed by atoms with Crippen molar-refractivity contribution >= 4 is 29.1 Å². The molecule has 0 bridgehead atoms. The first-order chi connectivity index (χ1) is 9.49. The molecule has 20 heavy (non-hydrogen) atoms. The molecule has 6 nitrogen and oxygen atoms in total. The van der Waals surface area contributed by atoms with E-state index in [-0.39, 0.29) is 11.9 Å². The van der Waals surface area contributed by atoms with Gasteiger partial charge in [0.25, 0.3) is 5.91 Å². The van der Waals surface area contributed by atoms with Crippen LogP contribution in [0.2, 0.25) is 5.02 Å².